The molecule has 1 aromatic heterocycles. The van der Waals surface area contributed by atoms with E-state index in [1.807, 2.05) is 24.3 Å². The van der Waals surface area contributed by atoms with Gasteiger partial charge in [-0.3, -0.25) is 0 Å². The van der Waals surface area contributed by atoms with E-state index in [-0.39, 0.29) is 12.0 Å². The number of anilines is 2. The number of ether oxygens (including phenoxy) is 1. The summed E-state index contributed by atoms with van der Waals surface area (Å²) >= 11 is 0. The Labute approximate surface area is 152 Å². The molecule has 0 atom stereocenters. The maximum Gasteiger partial charge on any atom is 0.319 e. The molecular formula is C19H21N5O2. The lowest BCUT2D eigenvalue weighted by Gasteiger charge is -2.22. The Kier molecular flexibility index (Phi) is 6.01. The molecule has 3 rings (SSSR count). The first-order chi connectivity index (χ1) is 12.7. The number of carbonyl (C=O) groups excluding carboxylic acids is 1. The van der Waals surface area contributed by atoms with E-state index in [0.29, 0.717) is 23.7 Å². The third-order valence-electron chi connectivity index (χ3n) is 4.04. The zero-order valence-electron chi connectivity index (χ0n) is 14.4. The van der Waals surface area contributed by atoms with Crippen LogP contribution in [0.3, 0.4) is 0 Å². The van der Waals surface area contributed by atoms with E-state index in [1.54, 1.807) is 12.4 Å². The second-order valence-electron chi connectivity index (χ2n) is 6.05. The minimum atomic E-state index is -0.214. The van der Waals surface area contributed by atoms with Gasteiger partial charge in [-0.15, -0.1) is 0 Å². The highest BCUT2D eigenvalue weighted by atomic mass is 16.5. The van der Waals surface area contributed by atoms with Crippen molar-refractivity contribution in [1.82, 2.24) is 15.3 Å². The second kappa shape index (κ2) is 8.83. The molecule has 2 aromatic rings. The summed E-state index contributed by atoms with van der Waals surface area (Å²) in [6.07, 6.45) is 5.11. The zero-order valence-corrected chi connectivity index (χ0v) is 14.4. The van der Waals surface area contributed by atoms with Crippen molar-refractivity contribution in [3.63, 3.8) is 0 Å². The molecule has 0 unspecified atom stereocenters. The van der Waals surface area contributed by atoms with E-state index in [1.165, 1.54) is 0 Å². The van der Waals surface area contributed by atoms with Crippen LogP contribution in [-0.4, -0.2) is 35.8 Å². The number of nitrogen functional groups attached to an aromatic ring is 1. The second-order valence-corrected chi connectivity index (χ2v) is 6.05. The molecule has 1 aliphatic rings. The predicted molar refractivity (Wildman–Crippen MR) is 99.4 cm³/mol. The average molecular weight is 351 g/mol. The molecule has 1 saturated heterocycles. The van der Waals surface area contributed by atoms with Gasteiger partial charge in [-0.05, 0) is 37.0 Å². The number of nitrogens with zero attached hydrogens (tertiary/aromatic N) is 2. The molecular weight excluding hydrogens is 330 g/mol. The van der Waals surface area contributed by atoms with Crippen LogP contribution in [0.25, 0.3) is 0 Å². The maximum atomic E-state index is 12.1. The topological polar surface area (TPSA) is 102 Å². The highest BCUT2D eigenvalue weighted by Gasteiger charge is 2.14. The number of hydrogen-bond donors (Lipinski definition) is 3. The lowest BCUT2D eigenvalue weighted by Crippen LogP contribution is -2.35. The number of hydrogen-bond acceptors (Lipinski definition) is 5. The Morgan fingerprint density at radius 1 is 1.19 bits per heavy atom. The van der Waals surface area contributed by atoms with Gasteiger partial charge in [0.2, 0.25) is 5.95 Å². The summed E-state index contributed by atoms with van der Waals surface area (Å²) in [5.41, 5.74) is 7.59. The first kappa shape index (κ1) is 17.7. The Bertz CT molecular complexity index is 805. The van der Waals surface area contributed by atoms with E-state index in [9.17, 15) is 4.79 Å². The molecule has 4 N–H and O–H groups in total. The molecule has 134 valence electrons. The summed E-state index contributed by atoms with van der Waals surface area (Å²) in [6, 6.07) is 7.15. The van der Waals surface area contributed by atoms with Crippen molar-refractivity contribution in [2.75, 3.05) is 30.8 Å². The Hall–Kier alpha value is -3.11. The number of aromatic nitrogens is 2. The Morgan fingerprint density at radius 3 is 2.69 bits per heavy atom. The van der Waals surface area contributed by atoms with Gasteiger partial charge < -0.3 is 21.1 Å². The van der Waals surface area contributed by atoms with Crippen LogP contribution in [-0.2, 0) is 4.74 Å². The molecule has 1 aromatic carbocycles. The SMILES string of the molecule is Nc1ncc(C#Cc2cccc(NC(=O)NCC3CCOCC3)c2)cn1. The molecule has 2 amide bonds. The highest BCUT2D eigenvalue weighted by molar-refractivity contribution is 5.89. The Morgan fingerprint density at radius 2 is 1.92 bits per heavy atom. The fourth-order valence-electron chi connectivity index (χ4n) is 2.58. The molecule has 26 heavy (non-hydrogen) atoms. The van der Waals surface area contributed by atoms with E-state index in [2.05, 4.69) is 32.4 Å². The third kappa shape index (κ3) is 5.46. The highest BCUT2D eigenvalue weighted by Crippen LogP contribution is 2.14. The van der Waals surface area contributed by atoms with Gasteiger partial charge >= 0.3 is 6.03 Å². The molecule has 0 aliphatic carbocycles. The first-order valence-corrected chi connectivity index (χ1v) is 8.51. The molecule has 7 nitrogen and oxygen atoms in total. The molecule has 2 heterocycles. The molecule has 1 aliphatic heterocycles. The van der Waals surface area contributed by atoms with Crippen LogP contribution < -0.4 is 16.4 Å². The van der Waals surface area contributed by atoms with E-state index >= 15 is 0 Å². The van der Waals surface area contributed by atoms with Crippen LogP contribution in [0, 0.1) is 17.8 Å². The normalized spacial score (nSPS) is 14.2. The van der Waals surface area contributed by atoms with Crippen LogP contribution >= 0.6 is 0 Å². The number of benzene rings is 1. The molecule has 1 fully saturated rings. The average Bonchev–Trinajstić information content (AvgIpc) is 2.67. The number of nitrogens with two attached hydrogens (primary N) is 1. The fourth-order valence-corrected chi connectivity index (χ4v) is 2.58. The van der Waals surface area contributed by atoms with Crippen LogP contribution in [0.1, 0.15) is 24.0 Å². The fraction of sp³-hybridized carbons (Fsp3) is 0.316. The number of nitrogens with one attached hydrogen (secondary N) is 2. The monoisotopic (exact) mass is 351 g/mol. The van der Waals surface area contributed by atoms with Gasteiger partial charge in [-0.25, -0.2) is 14.8 Å². The smallest absolute Gasteiger partial charge is 0.319 e. The number of carbonyl (C=O) groups is 1. The summed E-state index contributed by atoms with van der Waals surface area (Å²) < 4.78 is 5.32. The van der Waals surface area contributed by atoms with Crippen molar-refractivity contribution in [3.05, 3.63) is 47.8 Å². The van der Waals surface area contributed by atoms with E-state index in [4.69, 9.17) is 10.5 Å². The third-order valence-corrected chi connectivity index (χ3v) is 4.04. The minimum Gasteiger partial charge on any atom is -0.381 e. The van der Waals surface area contributed by atoms with Gasteiger partial charge in [0.05, 0.1) is 5.56 Å². The van der Waals surface area contributed by atoms with Crippen molar-refractivity contribution < 1.29 is 9.53 Å². The molecule has 7 heteroatoms. The molecule has 0 spiro atoms. The lowest BCUT2D eigenvalue weighted by molar-refractivity contribution is 0.0671. The molecule has 0 radical (unpaired) electrons. The number of urea groups is 1. The van der Waals surface area contributed by atoms with Crippen molar-refractivity contribution in [2.24, 2.45) is 5.92 Å². The van der Waals surface area contributed by atoms with Crippen molar-refractivity contribution in [1.29, 1.82) is 0 Å². The summed E-state index contributed by atoms with van der Waals surface area (Å²) in [5.74, 6) is 6.68. The van der Waals surface area contributed by atoms with Crippen molar-refractivity contribution in [2.45, 2.75) is 12.8 Å². The minimum absolute atomic E-state index is 0.214. The zero-order chi connectivity index (χ0) is 18.2. The quantitative estimate of drug-likeness (QED) is 0.734. The van der Waals surface area contributed by atoms with E-state index < -0.39 is 0 Å². The summed E-state index contributed by atoms with van der Waals surface area (Å²) in [5, 5.41) is 5.75. The number of amides is 2. The van der Waals surface area contributed by atoms with Crippen LogP contribution in [0.4, 0.5) is 16.4 Å². The van der Waals surface area contributed by atoms with Crippen molar-refractivity contribution in [3.8, 4) is 11.8 Å². The van der Waals surface area contributed by atoms with Gasteiger partial charge in [-0.1, -0.05) is 17.9 Å². The first-order valence-electron chi connectivity index (χ1n) is 8.51. The number of rotatable bonds is 3. The van der Waals surface area contributed by atoms with Crippen LogP contribution in [0.2, 0.25) is 0 Å². The maximum absolute atomic E-state index is 12.1. The standard InChI is InChI=1S/C19H21N5O2/c20-18-21-12-16(13-22-18)5-4-14-2-1-3-17(10-14)24-19(25)23-11-15-6-8-26-9-7-15/h1-3,10,12-13,15H,6-9,11H2,(H2,20,21,22)(H2,23,24,25). The summed E-state index contributed by atoms with van der Waals surface area (Å²) in [6.45, 7) is 2.20. The van der Waals surface area contributed by atoms with Gasteiger partial charge in [0.25, 0.3) is 0 Å². The van der Waals surface area contributed by atoms with E-state index in [0.717, 1.165) is 31.6 Å². The molecule has 0 bridgehead atoms. The van der Waals surface area contributed by atoms with Crippen LogP contribution in [0.5, 0.6) is 0 Å². The van der Waals surface area contributed by atoms with Gasteiger partial charge in [0.1, 0.15) is 0 Å². The summed E-state index contributed by atoms with van der Waals surface area (Å²) in [4.78, 5) is 19.9. The van der Waals surface area contributed by atoms with Crippen molar-refractivity contribution >= 4 is 17.7 Å². The van der Waals surface area contributed by atoms with Gasteiger partial charge in [-0.2, -0.15) is 0 Å². The molecule has 0 saturated carbocycles. The largest absolute Gasteiger partial charge is 0.381 e. The van der Waals surface area contributed by atoms with Crippen LogP contribution in [0.15, 0.2) is 36.7 Å². The predicted octanol–water partition coefficient (Wildman–Crippen LogP) is 2.01. The lowest BCUT2D eigenvalue weighted by atomic mass is 10.0. The van der Waals surface area contributed by atoms with Gasteiger partial charge in [0, 0.05) is 43.4 Å². The van der Waals surface area contributed by atoms with Gasteiger partial charge in [0.15, 0.2) is 0 Å². The Balaban J connectivity index is 1.55. The summed E-state index contributed by atoms with van der Waals surface area (Å²) in [7, 11) is 0.